The number of rotatable bonds is 3. The molecule has 0 radical (unpaired) electrons. The second-order valence-electron chi connectivity index (χ2n) is 4.33. The van der Waals surface area contributed by atoms with Crippen LogP contribution in [0.3, 0.4) is 0 Å². The van der Waals surface area contributed by atoms with Crippen LogP contribution >= 0.6 is 113 Å². The van der Waals surface area contributed by atoms with E-state index >= 15 is 0 Å². The lowest BCUT2D eigenvalue weighted by atomic mass is 10.2. The van der Waals surface area contributed by atoms with Crippen molar-refractivity contribution in [2.75, 3.05) is 0 Å². The lowest BCUT2D eigenvalue weighted by Crippen LogP contribution is -2.12. The highest BCUT2D eigenvalue weighted by Gasteiger charge is 2.21. The Morgan fingerprint density at radius 2 is 1.46 bits per heavy atom. The highest BCUT2D eigenvalue weighted by molar-refractivity contribution is 14.1. The fourth-order valence-corrected chi connectivity index (χ4v) is 8.08. The first-order valence-electron chi connectivity index (χ1n) is 5.84. The van der Waals surface area contributed by atoms with Gasteiger partial charge in [0.05, 0.1) is 5.56 Å². The van der Waals surface area contributed by atoms with Crippen molar-refractivity contribution in [2.45, 2.75) is 4.90 Å². The van der Waals surface area contributed by atoms with Crippen molar-refractivity contribution in [1.82, 2.24) is 0 Å². The summed E-state index contributed by atoms with van der Waals surface area (Å²) in [5.74, 6) is -0.312. The van der Waals surface area contributed by atoms with Gasteiger partial charge >= 0.3 is 5.97 Å². The monoisotopic (exact) mass is 908 g/mol. The standard InChI is InChI=1S/C13H5I5O5S/c14-5-1-7(11(18)8(15)2-5)13(19)23-6-3-9(16)12(10(17)4-6)24(20,21)22/h1-4H,(H,20,21,22). The van der Waals surface area contributed by atoms with Gasteiger partial charge in [-0.3, -0.25) is 4.55 Å². The maximum atomic E-state index is 12.4. The average molecular weight is 908 g/mol. The molecule has 0 aliphatic rings. The quantitative estimate of drug-likeness (QED) is 0.151. The Kier molecular flexibility index (Phi) is 7.85. The summed E-state index contributed by atoms with van der Waals surface area (Å²) >= 11 is 9.90. The second-order valence-corrected chi connectivity index (χ2v) is 11.5. The summed E-state index contributed by atoms with van der Waals surface area (Å²) in [5.41, 5.74) is 0.441. The molecule has 2 rings (SSSR count). The van der Waals surface area contributed by atoms with E-state index in [0.29, 0.717) is 5.56 Å². The topological polar surface area (TPSA) is 80.7 Å². The Morgan fingerprint density at radius 1 is 0.917 bits per heavy atom. The van der Waals surface area contributed by atoms with E-state index in [2.05, 4.69) is 67.8 Å². The van der Waals surface area contributed by atoms with Gasteiger partial charge < -0.3 is 4.74 Å². The Labute approximate surface area is 206 Å². The predicted octanol–water partition coefficient (Wildman–Crippen LogP) is 5.18. The molecular weight excluding hydrogens is 903 g/mol. The van der Waals surface area contributed by atoms with Gasteiger partial charge in [-0.1, -0.05) is 0 Å². The van der Waals surface area contributed by atoms with Gasteiger partial charge in [0.15, 0.2) is 0 Å². The second kappa shape index (κ2) is 8.65. The minimum absolute atomic E-state index is 0.193. The van der Waals surface area contributed by atoms with E-state index in [1.54, 1.807) is 51.2 Å². The average Bonchev–Trinajstić information content (AvgIpc) is 2.40. The van der Waals surface area contributed by atoms with Crippen LogP contribution in [0.5, 0.6) is 5.75 Å². The Morgan fingerprint density at radius 3 is 1.96 bits per heavy atom. The lowest BCUT2D eigenvalue weighted by molar-refractivity contribution is 0.0733. The number of ether oxygens (including phenoxy) is 1. The van der Waals surface area contributed by atoms with Crippen LogP contribution in [0.25, 0.3) is 0 Å². The Hall–Kier alpha value is 1.47. The first-order chi connectivity index (χ1) is 11.0. The molecule has 0 aromatic heterocycles. The van der Waals surface area contributed by atoms with Crippen LogP contribution in [-0.4, -0.2) is 18.9 Å². The summed E-state index contributed by atoms with van der Waals surface area (Å²) in [4.78, 5) is 12.2. The number of benzene rings is 2. The summed E-state index contributed by atoms with van der Waals surface area (Å²) in [6.07, 6.45) is 0. The molecule has 0 atom stereocenters. The molecule has 0 spiro atoms. The number of carbonyl (C=O) groups is 1. The molecule has 11 heteroatoms. The van der Waals surface area contributed by atoms with Gasteiger partial charge in [-0.05, 0) is 137 Å². The molecule has 0 bridgehead atoms. The molecule has 0 fully saturated rings. The number of hydrogen-bond donors (Lipinski definition) is 1. The molecule has 5 nitrogen and oxygen atoms in total. The molecule has 0 aliphatic carbocycles. The smallest absolute Gasteiger partial charge is 0.344 e. The van der Waals surface area contributed by atoms with Crippen molar-refractivity contribution in [3.8, 4) is 5.75 Å². The highest BCUT2D eigenvalue weighted by atomic mass is 127. The normalized spacial score (nSPS) is 11.4. The molecule has 0 saturated carbocycles. The molecule has 128 valence electrons. The summed E-state index contributed by atoms with van der Waals surface area (Å²) in [5, 5.41) is 0. The minimum Gasteiger partial charge on any atom is -0.423 e. The fraction of sp³-hybridized carbons (Fsp3) is 0. The zero-order valence-electron chi connectivity index (χ0n) is 11.2. The summed E-state index contributed by atoms with van der Waals surface area (Å²) in [6, 6.07) is 6.48. The molecule has 2 aromatic carbocycles. The first-order valence-corrected chi connectivity index (χ1v) is 12.7. The van der Waals surface area contributed by atoms with Gasteiger partial charge in [0.2, 0.25) is 0 Å². The maximum absolute atomic E-state index is 12.4. The molecular formula is C13H5I5O5S. The van der Waals surface area contributed by atoms with E-state index in [9.17, 15) is 17.8 Å². The number of halogens is 5. The van der Waals surface area contributed by atoms with E-state index in [0.717, 1.165) is 10.7 Å². The number of hydrogen-bond acceptors (Lipinski definition) is 4. The zero-order chi connectivity index (χ0) is 18.2. The van der Waals surface area contributed by atoms with Crippen LogP contribution in [0, 0.1) is 17.9 Å². The summed E-state index contributed by atoms with van der Waals surface area (Å²) < 4.78 is 40.6. The largest absolute Gasteiger partial charge is 0.423 e. The van der Waals surface area contributed by atoms with E-state index in [1.165, 1.54) is 12.1 Å². The highest BCUT2D eigenvalue weighted by Crippen LogP contribution is 2.30. The third-order valence-corrected chi connectivity index (χ3v) is 9.71. The van der Waals surface area contributed by atoms with Crippen molar-refractivity contribution >= 4 is 129 Å². The van der Waals surface area contributed by atoms with Crippen molar-refractivity contribution < 1.29 is 22.5 Å². The Balaban J connectivity index is 2.41. The minimum atomic E-state index is -4.34. The van der Waals surface area contributed by atoms with Crippen LogP contribution in [0.1, 0.15) is 10.4 Å². The summed E-state index contributed by atoms with van der Waals surface area (Å²) in [7, 11) is -4.34. The van der Waals surface area contributed by atoms with Crippen molar-refractivity contribution in [2.24, 2.45) is 0 Å². The molecule has 2 aromatic rings. The van der Waals surface area contributed by atoms with Gasteiger partial charge in [0, 0.05) is 17.9 Å². The predicted molar refractivity (Wildman–Crippen MR) is 131 cm³/mol. The number of esters is 1. The molecule has 0 amide bonds. The van der Waals surface area contributed by atoms with Gasteiger partial charge in [-0.2, -0.15) is 8.42 Å². The third kappa shape index (κ3) is 5.26. The van der Waals surface area contributed by atoms with Crippen LogP contribution in [0.2, 0.25) is 0 Å². The van der Waals surface area contributed by atoms with Crippen molar-refractivity contribution in [3.63, 3.8) is 0 Å². The molecule has 0 heterocycles. The van der Waals surface area contributed by atoms with Crippen LogP contribution in [-0.2, 0) is 10.1 Å². The third-order valence-electron chi connectivity index (χ3n) is 2.65. The fourth-order valence-electron chi connectivity index (χ4n) is 1.71. The van der Waals surface area contributed by atoms with Crippen LogP contribution in [0.15, 0.2) is 29.2 Å². The van der Waals surface area contributed by atoms with E-state index in [1.807, 2.05) is 6.07 Å². The lowest BCUT2D eigenvalue weighted by Gasteiger charge is -2.11. The van der Waals surface area contributed by atoms with Crippen LogP contribution in [0.4, 0.5) is 0 Å². The van der Waals surface area contributed by atoms with Gasteiger partial charge in [-0.15, -0.1) is 0 Å². The summed E-state index contributed by atoms with van der Waals surface area (Å²) in [6.45, 7) is 0. The molecule has 24 heavy (non-hydrogen) atoms. The molecule has 0 saturated heterocycles. The van der Waals surface area contributed by atoms with Gasteiger partial charge in [-0.25, -0.2) is 4.79 Å². The van der Waals surface area contributed by atoms with E-state index in [-0.39, 0.29) is 17.8 Å². The molecule has 0 unspecified atom stereocenters. The first kappa shape index (κ1) is 21.8. The Bertz CT molecular complexity index is 919. The SMILES string of the molecule is O=C(Oc1cc(I)c(S(=O)(=O)O)c(I)c1)c1cc(I)cc(I)c1I. The van der Waals surface area contributed by atoms with Crippen molar-refractivity contribution in [1.29, 1.82) is 0 Å². The molecule has 0 aliphatic heterocycles. The number of carbonyl (C=O) groups excluding carboxylic acids is 1. The van der Waals surface area contributed by atoms with E-state index in [4.69, 9.17) is 4.74 Å². The van der Waals surface area contributed by atoms with Crippen LogP contribution < -0.4 is 4.74 Å². The molecule has 1 N–H and O–H groups in total. The van der Waals surface area contributed by atoms with Gasteiger partial charge in [0.25, 0.3) is 10.1 Å². The zero-order valence-corrected chi connectivity index (χ0v) is 22.8. The van der Waals surface area contributed by atoms with Crippen molar-refractivity contribution in [3.05, 3.63) is 47.7 Å². The van der Waals surface area contributed by atoms with Gasteiger partial charge in [0.1, 0.15) is 10.6 Å². The maximum Gasteiger partial charge on any atom is 0.344 e. The van der Waals surface area contributed by atoms with E-state index < -0.39 is 16.1 Å².